The van der Waals surface area contributed by atoms with Crippen molar-refractivity contribution < 1.29 is 9.90 Å². The Kier molecular flexibility index (Phi) is 5.34. The second kappa shape index (κ2) is 6.83. The molecule has 2 heteroatoms. The molecule has 0 amide bonds. The Bertz CT molecular complexity index is 338. The molecule has 0 bridgehead atoms. The summed E-state index contributed by atoms with van der Waals surface area (Å²) < 4.78 is 0. The van der Waals surface area contributed by atoms with Crippen LogP contribution < -0.4 is 0 Å². The highest BCUT2D eigenvalue weighted by molar-refractivity contribution is 5.96. The Morgan fingerprint density at radius 2 is 1.88 bits per heavy atom. The lowest BCUT2D eigenvalue weighted by molar-refractivity contribution is 0.0979. The minimum atomic E-state index is 0.151. The number of hydrogen-bond donors (Lipinski definition) is 1. The van der Waals surface area contributed by atoms with Gasteiger partial charge in [-0.1, -0.05) is 12.5 Å². The van der Waals surface area contributed by atoms with Gasteiger partial charge in [-0.2, -0.15) is 0 Å². The molecule has 1 aromatic rings. The van der Waals surface area contributed by atoms with Crippen molar-refractivity contribution in [3.8, 4) is 5.75 Å². The summed E-state index contributed by atoms with van der Waals surface area (Å²) in [4.78, 5) is 11.7. The molecule has 86 valence electrons. The molecule has 1 aromatic carbocycles. The van der Waals surface area contributed by atoms with Gasteiger partial charge in [-0.25, -0.2) is 0 Å². The first kappa shape index (κ1) is 12.5. The smallest absolute Gasteiger partial charge is 0.162 e. The Labute approximate surface area is 96.6 Å². The number of allylic oxidation sites excluding steroid dienone is 1. The number of phenols is 1. The van der Waals surface area contributed by atoms with Gasteiger partial charge in [0.2, 0.25) is 0 Å². The van der Waals surface area contributed by atoms with Crippen LogP contribution in [0.1, 0.15) is 42.5 Å². The molecule has 0 aliphatic carbocycles. The third kappa shape index (κ3) is 4.30. The van der Waals surface area contributed by atoms with E-state index in [1.807, 2.05) is 6.08 Å². The van der Waals surface area contributed by atoms with E-state index in [-0.39, 0.29) is 11.5 Å². The summed E-state index contributed by atoms with van der Waals surface area (Å²) in [5, 5.41) is 9.09. The minimum Gasteiger partial charge on any atom is -0.508 e. The lowest BCUT2D eigenvalue weighted by atomic mass is 10.0. The number of unbranched alkanes of at least 4 members (excludes halogenated alkanes) is 3. The van der Waals surface area contributed by atoms with Crippen LogP contribution in [-0.2, 0) is 0 Å². The normalized spacial score (nSPS) is 10.0. The Balaban J connectivity index is 2.29. The van der Waals surface area contributed by atoms with Crippen LogP contribution in [0.2, 0.25) is 0 Å². The van der Waals surface area contributed by atoms with Gasteiger partial charge in [0.05, 0.1) is 0 Å². The maximum Gasteiger partial charge on any atom is 0.162 e. The number of Topliss-reactive ketones (excluding diaryl/α,β-unsaturated/α-hetero) is 1. The standard InChI is InChI=1S/C14H18O2/c1-2-3-4-5-6-7-14(16)12-8-10-13(15)11-9-12/h2,8-11,15H,1,3-7H2. The van der Waals surface area contributed by atoms with E-state index in [0.29, 0.717) is 12.0 Å². The summed E-state index contributed by atoms with van der Waals surface area (Å²) in [6.45, 7) is 3.66. The van der Waals surface area contributed by atoms with Gasteiger partial charge in [0.25, 0.3) is 0 Å². The van der Waals surface area contributed by atoms with Crippen LogP contribution in [0.5, 0.6) is 5.75 Å². The van der Waals surface area contributed by atoms with E-state index in [1.165, 1.54) is 0 Å². The highest BCUT2D eigenvalue weighted by Gasteiger charge is 2.04. The molecule has 0 aliphatic rings. The molecule has 0 aromatic heterocycles. The fourth-order valence-electron chi connectivity index (χ4n) is 1.54. The largest absolute Gasteiger partial charge is 0.508 e. The molecule has 0 fully saturated rings. The van der Waals surface area contributed by atoms with Crippen molar-refractivity contribution in [2.45, 2.75) is 32.1 Å². The maximum atomic E-state index is 11.7. The summed E-state index contributed by atoms with van der Waals surface area (Å²) >= 11 is 0. The molecule has 0 spiro atoms. The van der Waals surface area contributed by atoms with Gasteiger partial charge < -0.3 is 5.11 Å². The topological polar surface area (TPSA) is 37.3 Å². The fraction of sp³-hybridized carbons (Fsp3) is 0.357. The molecule has 0 unspecified atom stereocenters. The summed E-state index contributed by atoms with van der Waals surface area (Å²) in [6.07, 6.45) is 6.60. The van der Waals surface area contributed by atoms with Crippen molar-refractivity contribution in [1.82, 2.24) is 0 Å². The molecule has 0 saturated heterocycles. The molecular formula is C14H18O2. The zero-order valence-corrected chi connectivity index (χ0v) is 9.48. The van der Waals surface area contributed by atoms with Gasteiger partial charge in [-0.3, -0.25) is 4.79 Å². The average Bonchev–Trinajstić information content (AvgIpc) is 2.29. The van der Waals surface area contributed by atoms with Crippen LogP contribution in [0.15, 0.2) is 36.9 Å². The van der Waals surface area contributed by atoms with Crippen molar-refractivity contribution in [2.24, 2.45) is 0 Å². The second-order valence-corrected chi connectivity index (χ2v) is 3.86. The van der Waals surface area contributed by atoms with E-state index in [0.717, 1.165) is 25.7 Å². The fourth-order valence-corrected chi connectivity index (χ4v) is 1.54. The molecule has 0 radical (unpaired) electrons. The number of phenolic OH excluding ortho intramolecular Hbond substituents is 1. The Morgan fingerprint density at radius 3 is 2.50 bits per heavy atom. The van der Waals surface area contributed by atoms with Crippen molar-refractivity contribution >= 4 is 5.78 Å². The number of carbonyl (C=O) groups excluding carboxylic acids is 1. The lowest BCUT2D eigenvalue weighted by Gasteiger charge is -2.01. The zero-order chi connectivity index (χ0) is 11.8. The lowest BCUT2D eigenvalue weighted by Crippen LogP contribution is -1.98. The van der Waals surface area contributed by atoms with Gasteiger partial charge in [-0.05, 0) is 43.5 Å². The summed E-state index contributed by atoms with van der Waals surface area (Å²) in [6, 6.07) is 6.43. The molecule has 0 atom stereocenters. The van der Waals surface area contributed by atoms with Crippen LogP contribution >= 0.6 is 0 Å². The summed E-state index contributed by atoms with van der Waals surface area (Å²) in [5.74, 6) is 0.348. The molecule has 1 N–H and O–H groups in total. The summed E-state index contributed by atoms with van der Waals surface area (Å²) in [5.41, 5.74) is 0.682. The first-order valence-electron chi connectivity index (χ1n) is 5.67. The van der Waals surface area contributed by atoms with Gasteiger partial charge in [0, 0.05) is 12.0 Å². The highest BCUT2D eigenvalue weighted by atomic mass is 16.3. The molecular weight excluding hydrogens is 200 g/mol. The van der Waals surface area contributed by atoms with Gasteiger partial charge in [0.1, 0.15) is 5.75 Å². The van der Waals surface area contributed by atoms with Crippen molar-refractivity contribution in [2.75, 3.05) is 0 Å². The van der Waals surface area contributed by atoms with E-state index in [1.54, 1.807) is 24.3 Å². The number of benzene rings is 1. The number of aromatic hydroxyl groups is 1. The molecule has 0 saturated carbocycles. The van der Waals surface area contributed by atoms with E-state index >= 15 is 0 Å². The Morgan fingerprint density at radius 1 is 1.19 bits per heavy atom. The van der Waals surface area contributed by atoms with Crippen LogP contribution in [-0.4, -0.2) is 10.9 Å². The van der Waals surface area contributed by atoms with E-state index in [4.69, 9.17) is 5.11 Å². The van der Waals surface area contributed by atoms with Crippen LogP contribution in [0.4, 0.5) is 0 Å². The third-order valence-corrected chi connectivity index (χ3v) is 2.50. The average molecular weight is 218 g/mol. The minimum absolute atomic E-state index is 0.151. The zero-order valence-electron chi connectivity index (χ0n) is 9.48. The molecule has 1 rings (SSSR count). The van der Waals surface area contributed by atoms with Gasteiger partial charge in [-0.15, -0.1) is 6.58 Å². The monoisotopic (exact) mass is 218 g/mol. The second-order valence-electron chi connectivity index (χ2n) is 3.86. The van der Waals surface area contributed by atoms with Crippen LogP contribution in [0, 0.1) is 0 Å². The predicted molar refractivity (Wildman–Crippen MR) is 65.7 cm³/mol. The number of hydrogen-bond acceptors (Lipinski definition) is 2. The molecule has 2 nitrogen and oxygen atoms in total. The van der Waals surface area contributed by atoms with Crippen LogP contribution in [0.3, 0.4) is 0 Å². The van der Waals surface area contributed by atoms with Gasteiger partial charge in [0.15, 0.2) is 5.78 Å². The highest BCUT2D eigenvalue weighted by Crippen LogP contribution is 2.13. The van der Waals surface area contributed by atoms with Crippen molar-refractivity contribution in [3.05, 3.63) is 42.5 Å². The van der Waals surface area contributed by atoms with E-state index in [9.17, 15) is 4.79 Å². The van der Waals surface area contributed by atoms with Crippen molar-refractivity contribution in [1.29, 1.82) is 0 Å². The van der Waals surface area contributed by atoms with Crippen LogP contribution in [0.25, 0.3) is 0 Å². The van der Waals surface area contributed by atoms with E-state index < -0.39 is 0 Å². The van der Waals surface area contributed by atoms with Gasteiger partial charge >= 0.3 is 0 Å². The third-order valence-electron chi connectivity index (χ3n) is 2.50. The molecule has 16 heavy (non-hydrogen) atoms. The number of rotatable bonds is 7. The first-order chi connectivity index (χ1) is 7.74. The van der Waals surface area contributed by atoms with E-state index in [2.05, 4.69) is 6.58 Å². The van der Waals surface area contributed by atoms with Crippen molar-refractivity contribution in [3.63, 3.8) is 0 Å². The first-order valence-corrected chi connectivity index (χ1v) is 5.67. The molecule has 0 aliphatic heterocycles. The quantitative estimate of drug-likeness (QED) is 0.430. The number of carbonyl (C=O) groups is 1. The molecule has 0 heterocycles. The number of ketones is 1. The SMILES string of the molecule is C=CCCCCCC(=O)c1ccc(O)cc1. The maximum absolute atomic E-state index is 11.7. The Hall–Kier alpha value is -1.57. The summed E-state index contributed by atoms with van der Waals surface area (Å²) in [7, 11) is 0. The predicted octanol–water partition coefficient (Wildman–Crippen LogP) is 3.71.